The largest absolute Gasteiger partial charge is 0.484 e. The highest BCUT2D eigenvalue weighted by Crippen LogP contribution is 2.35. The molecule has 154 valence electrons. The van der Waals surface area contributed by atoms with Crippen molar-refractivity contribution in [1.29, 1.82) is 0 Å². The number of carbonyl (C=O) groups excluding carboxylic acids is 2. The normalized spacial score (nSPS) is 11.8. The van der Waals surface area contributed by atoms with Crippen molar-refractivity contribution in [2.45, 2.75) is 13.3 Å². The molecule has 2 aromatic carbocycles. The molecule has 0 aromatic heterocycles. The Hall–Kier alpha value is -3.26. The van der Waals surface area contributed by atoms with Gasteiger partial charge in [-0.25, -0.2) is 0 Å². The molecular formula is C21H24N2O6. The summed E-state index contributed by atoms with van der Waals surface area (Å²) in [7, 11) is 0. The number of benzene rings is 2. The maximum absolute atomic E-state index is 12.4. The summed E-state index contributed by atoms with van der Waals surface area (Å²) < 4.78 is 21.3. The highest BCUT2D eigenvalue weighted by Gasteiger charge is 2.15. The van der Waals surface area contributed by atoms with Crippen molar-refractivity contribution in [3.63, 3.8) is 0 Å². The molecule has 0 radical (unpaired) electrons. The Labute approximate surface area is 169 Å². The second-order valence-electron chi connectivity index (χ2n) is 6.20. The van der Waals surface area contributed by atoms with Crippen molar-refractivity contribution in [2.24, 2.45) is 0 Å². The quantitative estimate of drug-likeness (QED) is 0.596. The van der Waals surface area contributed by atoms with Gasteiger partial charge in [0.1, 0.15) is 5.75 Å². The summed E-state index contributed by atoms with van der Waals surface area (Å²) in [4.78, 5) is 24.7. The molecule has 2 aromatic rings. The Bertz CT molecular complexity index is 855. The summed E-state index contributed by atoms with van der Waals surface area (Å²) in [5.74, 6) is 1.08. The summed E-state index contributed by atoms with van der Waals surface area (Å²) >= 11 is 0. The Morgan fingerprint density at radius 3 is 2.79 bits per heavy atom. The molecule has 0 atom stereocenters. The Balaban J connectivity index is 1.51. The summed E-state index contributed by atoms with van der Waals surface area (Å²) in [6, 6.07) is 11.9. The first-order valence-corrected chi connectivity index (χ1v) is 9.44. The molecule has 0 saturated heterocycles. The molecule has 0 saturated carbocycles. The van der Waals surface area contributed by atoms with Crippen LogP contribution in [0.2, 0.25) is 0 Å². The fourth-order valence-electron chi connectivity index (χ4n) is 2.71. The van der Waals surface area contributed by atoms with Gasteiger partial charge < -0.3 is 29.6 Å². The maximum Gasteiger partial charge on any atom is 0.262 e. The van der Waals surface area contributed by atoms with E-state index < -0.39 is 0 Å². The van der Waals surface area contributed by atoms with E-state index in [9.17, 15) is 9.59 Å². The second kappa shape index (κ2) is 10.3. The van der Waals surface area contributed by atoms with Gasteiger partial charge >= 0.3 is 0 Å². The lowest BCUT2D eigenvalue weighted by Gasteiger charge is -2.12. The first-order chi connectivity index (χ1) is 14.2. The van der Waals surface area contributed by atoms with Crippen LogP contribution in [0.3, 0.4) is 0 Å². The van der Waals surface area contributed by atoms with Gasteiger partial charge in [-0.1, -0.05) is 12.1 Å². The van der Waals surface area contributed by atoms with E-state index in [1.165, 1.54) is 0 Å². The molecule has 8 nitrogen and oxygen atoms in total. The van der Waals surface area contributed by atoms with Crippen LogP contribution in [0.15, 0.2) is 42.5 Å². The zero-order chi connectivity index (χ0) is 20.5. The minimum absolute atomic E-state index is 0.170. The van der Waals surface area contributed by atoms with E-state index in [1.807, 2.05) is 6.92 Å². The van der Waals surface area contributed by atoms with Crippen LogP contribution < -0.4 is 24.8 Å². The molecule has 8 heteroatoms. The predicted molar refractivity (Wildman–Crippen MR) is 107 cm³/mol. The van der Waals surface area contributed by atoms with Crippen molar-refractivity contribution in [3.05, 3.63) is 48.0 Å². The molecule has 0 aliphatic carbocycles. The van der Waals surface area contributed by atoms with E-state index in [0.29, 0.717) is 48.3 Å². The van der Waals surface area contributed by atoms with E-state index >= 15 is 0 Å². The number of fused-ring (bicyclic) bond motifs is 1. The van der Waals surface area contributed by atoms with E-state index in [-0.39, 0.29) is 25.2 Å². The summed E-state index contributed by atoms with van der Waals surface area (Å²) in [6.45, 7) is 3.62. The minimum atomic E-state index is -0.376. The topological polar surface area (TPSA) is 95.1 Å². The number of nitrogens with one attached hydrogen (secondary N) is 2. The van der Waals surface area contributed by atoms with Crippen molar-refractivity contribution in [1.82, 2.24) is 5.32 Å². The van der Waals surface area contributed by atoms with E-state index in [1.54, 1.807) is 42.5 Å². The van der Waals surface area contributed by atoms with E-state index in [4.69, 9.17) is 18.9 Å². The van der Waals surface area contributed by atoms with Crippen molar-refractivity contribution in [2.75, 3.05) is 38.5 Å². The number of hydrogen-bond acceptors (Lipinski definition) is 6. The number of para-hydroxylation sites is 1. The molecule has 0 unspecified atom stereocenters. The molecule has 0 spiro atoms. The predicted octanol–water partition coefficient (Wildman–Crippen LogP) is 2.59. The fourth-order valence-corrected chi connectivity index (χ4v) is 2.71. The van der Waals surface area contributed by atoms with Gasteiger partial charge in [0.25, 0.3) is 11.8 Å². The monoisotopic (exact) mass is 400 g/mol. The van der Waals surface area contributed by atoms with Crippen LogP contribution in [0.1, 0.15) is 23.7 Å². The van der Waals surface area contributed by atoms with Gasteiger partial charge in [-0.15, -0.1) is 0 Å². The third kappa shape index (κ3) is 5.86. The number of anilines is 1. The molecule has 2 amide bonds. The number of rotatable bonds is 10. The molecule has 2 N–H and O–H groups in total. The van der Waals surface area contributed by atoms with Crippen LogP contribution in [0.25, 0.3) is 0 Å². The van der Waals surface area contributed by atoms with Gasteiger partial charge in [-0.05, 0) is 37.6 Å². The van der Waals surface area contributed by atoms with Gasteiger partial charge in [-0.3, -0.25) is 9.59 Å². The van der Waals surface area contributed by atoms with Crippen molar-refractivity contribution >= 4 is 17.5 Å². The van der Waals surface area contributed by atoms with Crippen LogP contribution in [0.5, 0.6) is 17.2 Å². The minimum Gasteiger partial charge on any atom is -0.484 e. The highest BCUT2D eigenvalue weighted by molar-refractivity contribution is 6.04. The van der Waals surface area contributed by atoms with E-state index in [2.05, 4.69) is 10.6 Å². The Kier molecular flexibility index (Phi) is 7.29. The van der Waals surface area contributed by atoms with Crippen molar-refractivity contribution < 1.29 is 28.5 Å². The molecule has 0 bridgehead atoms. The zero-order valence-corrected chi connectivity index (χ0v) is 16.2. The zero-order valence-electron chi connectivity index (χ0n) is 16.2. The lowest BCUT2D eigenvalue weighted by molar-refractivity contribution is -0.118. The van der Waals surface area contributed by atoms with E-state index in [0.717, 1.165) is 6.42 Å². The Morgan fingerprint density at radius 1 is 1.10 bits per heavy atom. The second-order valence-corrected chi connectivity index (χ2v) is 6.20. The summed E-state index contributed by atoms with van der Waals surface area (Å²) in [6.07, 6.45) is 0.720. The SMILES string of the molecule is CCOCCCNC(=O)c1ccccc1NC(=O)COc1ccc2c(c1)OCO2. The van der Waals surface area contributed by atoms with Gasteiger partial charge in [-0.2, -0.15) is 0 Å². The average Bonchev–Trinajstić information content (AvgIpc) is 3.20. The van der Waals surface area contributed by atoms with Crippen LogP contribution in [0.4, 0.5) is 5.69 Å². The number of amides is 2. The first-order valence-electron chi connectivity index (χ1n) is 9.44. The van der Waals surface area contributed by atoms with Crippen LogP contribution in [-0.2, 0) is 9.53 Å². The first kappa shape index (κ1) is 20.5. The van der Waals surface area contributed by atoms with Crippen LogP contribution >= 0.6 is 0 Å². The molecular weight excluding hydrogens is 376 g/mol. The molecule has 1 aliphatic rings. The van der Waals surface area contributed by atoms with Crippen LogP contribution in [-0.4, -0.2) is 45.0 Å². The fraction of sp³-hybridized carbons (Fsp3) is 0.333. The van der Waals surface area contributed by atoms with Crippen LogP contribution in [0, 0.1) is 0 Å². The Morgan fingerprint density at radius 2 is 1.93 bits per heavy atom. The summed E-state index contributed by atoms with van der Waals surface area (Å²) in [5.41, 5.74) is 0.814. The van der Waals surface area contributed by atoms with Gasteiger partial charge in [0.05, 0.1) is 11.3 Å². The highest BCUT2D eigenvalue weighted by atomic mass is 16.7. The third-order valence-corrected chi connectivity index (χ3v) is 4.11. The lowest BCUT2D eigenvalue weighted by atomic mass is 10.1. The summed E-state index contributed by atoms with van der Waals surface area (Å²) in [5, 5.41) is 5.55. The standard InChI is InChI=1S/C21H24N2O6/c1-2-26-11-5-10-22-21(25)16-6-3-4-7-17(16)23-20(24)13-27-15-8-9-18-19(12-15)29-14-28-18/h3-4,6-9,12H,2,5,10-11,13-14H2,1H3,(H,22,25)(H,23,24). The lowest BCUT2D eigenvalue weighted by Crippen LogP contribution is -2.27. The molecule has 3 rings (SSSR count). The maximum atomic E-state index is 12.4. The number of carbonyl (C=O) groups is 2. The molecule has 0 fully saturated rings. The van der Waals surface area contributed by atoms with Crippen molar-refractivity contribution in [3.8, 4) is 17.2 Å². The average molecular weight is 400 g/mol. The number of hydrogen-bond donors (Lipinski definition) is 2. The number of ether oxygens (including phenoxy) is 4. The van der Waals surface area contributed by atoms with Gasteiger partial charge in [0.2, 0.25) is 6.79 Å². The smallest absolute Gasteiger partial charge is 0.262 e. The molecule has 1 aliphatic heterocycles. The third-order valence-electron chi connectivity index (χ3n) is 4.11. The molecule has 29 heavy (non-hydrogen) atoms. The van der Waals surface area contributed by atoms with Gasteiger partial charge in [0, 0.05) is 25.8 Å². The van der Waals surface area contributed by atoms with Gasteiger partial charge in [0.15, 0.2) is 18.1 Å². The molecule has 1 heterocycles.